The third kappa shape index (κ3) is 3.72. The molecule has 0 bridgehead atoms. The monoisotopic (exact) mass is 234 g/mol. The van der Waals surface area contributed by atoms with E-state index in [0.29, 0.717) is 0 Å². The van der Waals surface area contributed by atoms with Gasteiger partial charge in [-0.15, -0.1) is 0 Å². The molecule has 1 saturated heterocycles. The maximum Gasteiger partial charge on any atom is 0.0645 e. The number of nitrogens with one attached hydrogen (secondary N) is 1. The smallest absolute Gasteiger partial charge is 0.0645 e. The molecule has 1 atom stereocenters. The highest BCUT2D eigenvalue weighted by Gasteiger charge is 2.26. The maximum absolute atomic E-state index is 5.76. The molecule has 3 nitrogen and oxygen atoms in total. The minimum absolute atomic E-state index is 0.151. The predicted octanol–water partition coefficient (Wildman–Crippen LogP) is 1.97. The van der Waals surface area contributed by atoms with E-state index in [1.807, 2.05) is 18.2 Å². The van der Waals surface area contributed by atoms with Crippen LogP contribution in [0.5, 0.6) is 0 Å². The Hall–Kier alpha value is -1.06. The first-order valence-corrected chi connectivity index (χ1v) is 6.35. The molecule has 0 aliphatic carbocycles. The topological polar surface area (TPSA) is 47.3 Å². The number of ether oxygens (including phenoxy) is 1. The molecular formula is C14H22N2O. The van der Waals surface area contributed by atoms with E-state index >= 15 is 0 Å². The molecular weight excluding hydrogens is 212 g/mol. The summed E-state index contributed by atoms with van der Waals surface area (Å²) in [6.45, 7) is 4.95. The van der Waals surface area contributed by atoms with E-state index in [1.54, 1.807) is 0 Å². The Kier molecular flexibility index (Phi) is 4.02. The first-order chi connectivity index (χ1) is 8.18. The van der Waals surface area contributed by atoms with Crippen molar-refractivity contribution in [3.8, 4) is 0 Å². The summed E-state index contributed by atoms with van der Waals surface area (Å²) in [6.07, 6.45) is 3.37. The van der Waals surface area contributed by atoms with Crippen molar-refractivity contribution in [3.63, 3.8) is 0 Å². The Morgan fingerprint density at radius 2 is 2.35 bits per heavy atom. The van der Waals surface area contributed by atoms with Gasteiger partial charge in [0.15, 0.2) is 0 Å². The van der Waals surface area contributed by atoms with E-state index in [9.17, 15) is 0 Å². The number of rotatable bonds is 4. The summed E-state index contributed by atoms with van der Waals surface area (Å²) in [5.41, 5.74) is 8.04. The summed E-state index contributed by atoms with van der Waals surface area (Å²) >= 11 is 0. The van der Waals surface area contributed by atoms with Gasteiger partial charge < -0.3 is 15.8 Å². The van der Waals surface area contributed by atoms with Crippen molar-refractivity contribution in [3.05, 3.63) is 29.8 Å². The second-order valence-corrected chi connectivity index (χ2v) is 5.14. The van der Waals surface area contributed by atoms with Gasteiger partial charge in [-0.1, -0.05) is 12.1 Å². The predicted molar refractivity (Wildman–Crippen MR) is 71.0 cm³/mol. The minimum Gasteiger partial charge on any atom is -0.399 e. The van der Waals surface area contributed by atoms with Gasteiger partial charge >= 0.3 is 0 Å². The Bertz CT molecular complexity index is 359. The number of nitrogen functional groups attached to an aromatic ring is 1. The summed E-state index contributed by atoms with van der Waals surface area (Å²) in [7, 11) is 0. The third-order valence-corrected chi connectivity index (χ3v) is 3.35. The Labute approximate surface area is 103 Å². The molecule has 1 aromatic rings. The van der Waals surface area contributed by atoms with Crippen molar-refractivity contribution >= 4 is 5.69 Å². The van der Waals surface area contributed by atoms with Gasteiger partial charge in [-0.3, -0.25) is 0 Å². The van der Waals surface area contributed by atoms with Crippen LogP contribution in [0.3, 0.4) is 0 Å². The van der Waals surface area contributed by atoms with Crippen LogP contribution in [0.4, 0.5) is 5.69 Å². The lowest BCUT2D eigenvalue weighted by molar-refractivity contribution is 0.0289. The lowest BCUT2D eigenvalue weighted by Crippen LogP contribution is -2.49. The number of benzene rings is 1. The second-order valence-electron chi connectivity index (χ2n) is 5.14. The van der Waals surface area contributed by atoms with Gasteiger partial charge in [0.05, 0.1) is 6.61 Å². The molecule has 0 aromatic heterocycles. The van der Waals surface area contributed by atoms with Gasteiger partial charge in [0.1, 0.15) is 0 Å². The first kappa shape index (κ1) is 12.4. The summed E-state index contributed by atoms with van der Waals surface area (Å²) in [5.74, 6) is 0. The SMILES string of the molecule is CC1(NCCc2cccc(N)c2)CCCOC1. The zero-order valence-corrected chi connectivity index (χ0v) is 10.5. The lowest BCUT2D eigenvalue weighted by atomic mass is 9.94. The molecule has 0 radical (unpaired) electrons. The number of anilines is 1. The van der Waals surface area contributed by atoms with Gasteiger partial charge in [0.25, 0.3) is 0 Å². The molecule has 1 heterocycles. The van der Waals surface area contributed by atoms with Crippen molar-refractivity contribution in [1.82, 2.24) is 5.32 Å². The number of hydrogen-bond acceptors (Lipinski definition) is 3. The van der Waals surface area contributed by atoms with Crippen LogP contribution in [0.15, 0.2) is 24.3 Å². The van der Waals surface area contributed by atoms with Gasteiger partial charge in [-0.2, -0.15) is 0 Å². The van der Waals surface area contributed by atoms with Crippen molar-refractivity contribution in [2.45, 2.75) is 31.7 Å². The zero-order chi connectivity index (χ0) is 12.1. The molecule has 3 N–H and O–H groups in total. The van der Waals surface area contributed by atoms with Crippen LogP contribution in [0.1, 0.15) is 25.3 Å². The lowest BCUT2D eigenvalue weighted by Gasteiger charge is -2.34. The van der Waals surface area contributed by atoms with Gasteiger partial charge in [0, 0.05) is 17.8 Å². The molecule has 0 amide bonds. The molecule has 1 unspecified atom stereocenters. The van der Waals surface area contributed by atoms with Crippen LogP contribution in [0, 0.1) is 0 Å². The summed E-state index contributed by atoms with van der Waals surface area (Å²) in [4.78, 5) is 0. The van der Waals surface area contributed by atoms with Crippen molar-refractivity contribution < 1.29 is 4.74 Å². The molecule has 1 fully saturated rings. The largest absolute Gasteiger partial charge is 0.399 e. The average Bonchev–Trinajstić information content (AvgIpc) is 2.30. The highest BCUT2D eigenvalue weighted by atomic mass is 16.5. The van der Waals surface area contributed by atoms with Crippen LogP contribution in [0.25, 0.3) is 0 Å². The van der Waals surface area contributed by atoms with Crippen molar-refractivity contribution in [2.75, 3.05) is 25.5 Å². The minimum atomic E-state index is 0.151. The molecule has 1 aromatic carbocycles. The Balaban J connectivity index is 1.79. The number of nitrogens with two attached hydrogens (primary N) is 1. The fraction of sp³-hybridized carbons (Fsp3) is 0.571. The fourth-order valence-corrected chi connectivity index (χ4v) is 2.33. The molecule has 94 valence electrons. The third-order valence-electron chi connectivity index (χ3n) is 3.35. The Morgan fingerprint density at radius 1 is 1.47 bits per heavy atom. The quantitative estimate of drug-likeness (QED) is 0.783. The van der Waals surface area contributed by atoms with E-state index in [4.69, 9.17) is 10.5 Å². The van der Waals surface area contributed by atoms with Crippen molar-refractivity contribution in [1.29, 1.82) is 0 Å². The van der Waals surface area contributed by atoms with E-state index < -0.39 is 0 Å². The molecule has 3 heteroatoms. The first-order valence-electron chi connectivity index (χ1n) is 6.35. The van der Waals surface area contributed by atoms with Crippen molar-refractivity contribution in [2.24, 2.45) is 0 Å². The van der Waals surface area contributed by atoms with Crippen LogP contribution in [0.2, 0.25) is 0 Å². The second kappa shape index (κ2) is 5.52. The van der Waals surface area contributed by atoms with Gasteiger partial charge in [-0.05, 0) is 50.4 Å². The highest BCUT2D eigenvalue weighted by Crippen LogP contribution is 2.18. The summed E-state index contributed by atoms with van der Waals surface area (Å²) in [6, 6.07) is 8.10. The normalized spacial score (nSPS) is 24.8. The molecule has 1 aliphatic heterocycles. The van der Waals surface area contributed by atoms with Crippen LogP contribution in [-0.4, -0.2) is 25.3 Å². The molecule has 2 rings (SSSR count). The van der Waals surface area contributed by atoms with E-state index in [-0.39, 0.29) is 5.54 Å². The molecule has 0 spiro atoms. The zero-order valence-electron chi connectivity index (χ0n) is 10.5. The van der Waals surface area contributed by atoms with Gasteiger partial charge in [-0.25, -0.2) is 0 Å². The van der Waals surface area contributed by atoms with Gasteiger partial charge in [0.2, 0.25) is 0 Å². The number of hydrogen-bond donors (Lipinski definition) is 2. The highest BCUT2D eigenvalue weighted by molar-refractivity contribution is 5.40. The standard InChI is InChI=1S/C14H22N2O/c1-14(7-3-9-17-11-14)16-8-6-12-4-2-5-13(15)10-12/h2,4-5,10,16H,3,6-9,11,15H2,1H3. The molecule has 0 saturated carbocycles. The van der Waals surface area contributed by atoms with E-state index in [0.717, 1.165) is 38.3 Å². The molecule has 1 aliphatic rings. The molecule has 17 heavy (non-hydrogen) atoms. The Morgan fingerprint density at radius 3 is 3.06 bits per heavy atom. The van der Waals surface area contributed by atoms with Crippen LogP contribution < -0.4 is 11.1 Å². The summed E-state index contributed by atoms with van der Waals surface area (Å²) in [5, 5.41) is 3.60. The fourth-order valence-electron chi connectivity index (χ4n) is 2.33. The average molecular weight is 234 g/mol. The summed E-state index contributed by atoms with van der Waals surface area (Å²) < 4.78 is 5.52. The van der Waals surface area contributed by atoms with E-state index in [2.05, 4.69) is 18.3 Å². The van der Waals surface area contributed by atoms with E-state index in [1.165, 1.54) is 12.0 Å². The van der Waals surface area contributed by atoms with Crippen LogP contribution >= 0.6 is 0 Å². The van der Waals surface area contributed by atoms with Crippen LogP contribution in [-0.2, 0) is 11.2 Å². The maximum atomic E-state index is 5.76.